The molecule has 0 aromatic heterocycles. The van der Waals surface area contributed by atoms with Crippen molar-refractivity contribution in [3.8, 4) is 0 Å². The van der Waals surface area contributed by atoms with Gasteiger partial charge in [-0.2, -0.15) is 0 Å². The Morgan fingerprint density at radius 1 is 1.58 bits per heavy atom. The van der Waals surface area contributed by atoms with Crippen LogP contribution in [0.2, 0.25) is 0 Å². The van der Waals surface area contributed by atoms with E-state index >= 15 is 0 Å². The summed E-state index contributed by atoms with van der Waals surface area (Å²) in [6.07, 6.45) is 0.215. The van der Waals surface area contributed by atoms with Gasteiger partial charge in [0.2, 0.25) is 0 Å². The van der Waals surface area contributed by atoms with Gasteiger partial charge in [-0.25, -0.2) is 0 Å². The molecule has 1 N–H and O–H groups in total. The third-order valence-electron chi connectivity index (χ3n) is 2.51. The zero-order chi connectivity index (χ0) is 14.6. The van der Waals surface area contributed by atoms with Crippen LogP contribution in [0.15, 0.2) is 22.7 Å². The second-order valence-electron chi connectivity index (χ2n) is 3.79. The van der Waals surface area contributed by atoms with Crippen molar-refractivity contribution >= 4 is 38.4 Å². The number of carboxylic acids is 1. The van der Waals surface area contributed by atoms with Crippen LogP contribution in [-0.2, 0) is 21.3 Å². The molecule has 0 aliphatic carbocycles. The van der Waals surface area contributed by atoms with Gasteiger partial charge in [-0.3, -0.25) is 19.1 Å². The largest absolute Gasteiger partial charge is 0.480 e. The number of hydrogen-bond acceptors (Lipinski definition) is 4. The van der Waals surface area contributed by atoms with Crippen molar-refractivity contribution in [3.63, 3.8) is 0 Å². The van der Waals surface area contributed by atoms with Crippen LogP contribution in [0, 0.1) is 10.1 Å². The lowest BCUT2D eigenvalue weighted by Gasteiger charge is -2.10. The third kappa shape index (κ3) is 4.10. The van der Waals surface area contributed by atoms with Crippen LogP contribution in [0.5, 0.6) is 0 Å². The Balaban J connectivity index is 3.02. The second-order valence-corrected chi connectivity index (χ2v) is 6.33. The first-order valence-electron chi connectivity index (χ1n) is 5.39. The van der Waals surface area contributed by atoms with Gasteiger partial charge in [0.05, 0.1) is 10.7 Å². The molecule has 2 unspecified atom stereocenters. The highest BCUT2D eigenvalue weighted by Gasteiger charge is 2.25. The fourth-order valence-electron chi connectivity index (χ4n) is 1.56. The number of nitrogens with zero attached hydrogens (tertiary/aromatic N) is 1. The number of benzene rings is 1. The molecule has 0 fully saturated rings. The van der Waals surface area contributed by atoms with Crippen LogP contribution < -0.4 is 0 Å². The quantitative estimate of drug-likeness (QED) is 0.628. The molecule has 0 amide bonds. The van der Waals surface area contributed by atoms with E-state index < -0.39 is 26.9 Å². The summed E-state index contributed by atoms with van der Waals surface area (Å²) in [7, 11) is -1.69. The highest BCUT2D eigenvalue weighted by molar-refractivity contribution is 9.10. The number of carboxylic acid groups (broad SMARTS) is 1. The average Bonchev–Trinajstić information content (AvgIpc) is 2.31. The van der Waals surface area contributed by atoms with Crippen molar-refractivity contribution in [2.24, 2.45) is 0 Å². The van der Waals surface area contributed by atoms with Gasteiger partial charge >= 0.3 is 5.97 Å². The summed E-state index contributed by atoms with van der Waals surface area (Å²) >= 11 is 3.12. The van der Waals surface area contributed by atoms with E-state index in [1.54, 1.807) is 13.0 Å². The fraction of sp³-hybridized carbons (Fsp3) is 0.364. The Kier molecular flexibility index (Phi) is 5.61. The lowest BCUT2D eigenvalue weighted by atomic mass is 10.2. The topological polar surface area (TPSA) is 97.5 Å². The molecule has 0 aliphatic heterocycles. The monoisotopic (exact) mass is 349 g/mol. The summed E-state index contributed by atoms with van der Waals surface area (Å²) in [6.45, 7) is 1.62. The Morgan fingerprint density at radius 2 is 2.21 bits per heavy atom. The van der Waals surface area contributed by atoms with E-state index in [2.05, 4.69) is 15.9 Å². The van der Waals surface area contributed by atoms with Crippen molar-refractivity contribution in [3.05, 3.63) is 38.3 Å². The van der Waals surface area contributed by atoms with Gasteiger partial charge in [-0.15, -0.1) is 0 Å². The van der Waals surface area contributed by atoms with Gasteiger partial charge < -0.3 is 5.11 Å². The van der Waals surface area contributed by atoms with Crippen molar-refractivity contribution in [2.75, 3.05) is 0 Å². The predicted molar refractivity (Wildman–Crippen MR) is 74.4 cm³/mol. The van der Waals surface area contributed by atoms with Gasteiger partial charge in [-0.05, 0) is 12.5 Å². The summed E-state index contributed by atoms with van der Waals surface area (Å²) in [5, 5.41) is 18.8. The normalized spacial score (nSPS) is 13.8. The van der Waals surface area contributed by atoms with E-state index in [4.69, 9.17) is 5.11 Å². The van der Waals surface area contributed by atoms with Gasteiger partial charge in [0.15, 0.2) is 0 Å². The number of nitro groups is 1. The van der Waals surface area contributed by atoms with Crippen LogP contribution in [0.4, 0.5) is 5.69 Å². The van der Waals surface area contributed by atoms with E-state index in [9.17, 15) is 19.1 Å². The van der Waals surface area contributed by atoms with Crippen molar-refractivity contribution in [2.45, 2.75) is 24.3 Å². The maximum atomic E-state index is 11.9. The van der Waals surface area contributed by atoms with Crippen LogP contribution >= 0.6 is 15.9 Å². The van der Waals surface area contributed by atoms with E-state index in [1.165, 1.54) is 12.1 Å². The predicted octanol–water partition coefficient (Wildman–Crippen LogP) is 2.47. The zero-order valence-electron chi connectivity index (χ0n) is 10.0. The smallest absolute Gasteiger partial charge is 0.319 e. The first-order chi connectivity index (χ1) is 8.86. The number of nitro benzene ring substituents is 1. The molecule has 19 heavy (non-hydrogen) atoms. The van der Waals surface area contributed by atoms with Gasteiger partial charge in [0.1, 0.15) is 5.25 Å². The second kappa shape index (κ2) is 6.76. The maximum Gasteiger partial charge on any atom is 0.319 e. The summed E-state index contributed by atoms with van der Waals surface area (Å²) in [5.74, 6) is -1.30. The standard InChI is InChI=1S/C11H12BrNO5S/c1-2-10(11(14)15)19(18)6-7-3-4-8(12)5-9(7)13(16)17/h3-5,10H,2,6H2,1H3,(H,14,15). The molecule has 104 valence electrons. The highest BCUT2D eigenvalue weighted by Crippen LogP contribution is 2.25. The minimum atomic E-state index is -1.69. The number of hydrogen-bond donors (Lipinski definition) is 1. The lowest BCUT2D eigenvalue weighted by Crippen LogP contribution is -2.25. The van der Waals surface area contributed by atoms with Gasteiger partial charge in [0.25, 0.3) is 5.69 Å². The summed E-state index contributed by atoms with van der Waals surface area (Å²) in [4.78, 5) is 21.2. The molecule has 0 heterocycles. The maximum absolute atomic E-state index is 11.9. The van der Waals surface area contributed by atoms with Gasteiger partial charge in [-0.1, -0.05) is 28.9 Å². The lowest BCUT2D eigenvalue weighted by molar-refractivity contribution is -0.385. The number of halogens is 1. The minimum Gasteiger partial charge on any atom is -0.480 e. The van der Waals surface area contributed by atoms with E-state index in [-0.39, 0.29) is 23.4 Å². The number of carbonyl (C=O) groups is 1. The van der Waals surface area contributed by atoms with E-state index in [0.717, 1.165) is 0 Å². The molecular formula is C11H12BrNO5S. The minimum absolute atomic E-state index is 0.144. The first kappa shape index (κ1) is 15.8. The Labute approximate surface area is 120 Å². The highest BCUT2D eigenvalue weighted by atomic mass is 79.9. The molecule has 1 aromatic rings. The molecule has 0 spiro atoms. The van der Waals surface area contributed by atoms with Crippen molar-refractivity contribution in [1.29, 1.82) is 0 Å². The molecular weight excluding hydrogens is 338 g/mol. The first-order valence-corrected chi connectivity index (χ1v) is 7.57. The Morgan fingerprint density at radius 3 is 2.68 bits per heavy atom. The van der Waals surface area contributed by atoms with Crippen LogP contribution in [0.25, 0.3) is 0 Å². The Bertz CT molecular complexity index is 534. The molecule has 0 radical (unpaired) electrons. The fourth-order valence-corrected chi connectivity index (χ4v) is 3.25. The van der Waals surface area contributed by atoms with E-state index in [0.29, 0.717) is 4.47 Å². The summed E-state index contributed by atoms with van der Waals surface area (Å²) in [5.41, 5.74) is 0.106. The molecule has 0 saturated carbocycles. The van der Waals surface area contributed by atoms with Crippen molar-refractivity contribution in [1.82, 2.24) is 0 Å². The average molecular weight is 350 g/mol. The number of rotatable bonds is 6. The zero-order valence-corrected chi connectivity index (χ0v) is 12.4. The van der Waals surface area contributed by atoms with E-state index in [1.807, 2.05) is 0 Å². The molecule has 8 heteroatoms. The molecule has 2 atom stereocenters. The molecule has 6 nitrogen and oxygen atoms in total. The third-order valence-corrected chi connectivity index (χ3v) is 4.76. The molecule has 0 saturated heterocycles. The van der Waals surface area contributed by atoms with Crippen LogP contribution in [0.3, 0.4) is 0 Å². The van der Waals surface area contributed by atoms with Crippen molar-refractivity contribution < 1.29 is 19.0 Å². The molecule has 0 bridgehead atoms. The molecule has 1 aromatic carbocycles. The molecule has 0 aliphatic rings. The Hall–Kier alpha value is -1.28. The van der Waals surface area contributed by atoms with Crippen LogP contribution in [-0.4, -0.2) is 25.5 Å². The summed E-state index contributed by atoms with van der Waals surface area (Å²) in [6, 6.07) is 4.39. The SMILES string of the molecule is CCC(C(=O)O)S(=O)Cc1ccc(Br)cc1[N+](=O)[O-]. The van der Waals surface area contributed by atoms with Gasteiger partial charge in [0, 0.05) is 26.9 Å². The molecule has 1 rings (SSSR count). The van der Waals surface area contributed by atoms with Crippen LogP contribution in [0.1, 0.15) is 18.9 Å². The number of aliphatic carboxylic acids is 1. The summed E-state index contributed by atoms with van der Waals surface area (Å²) < 4.78 is 12.5.